The van der Waals surface area contributed by atoms with E-state index in [1.807, 2.05) is 13.8 Å². The van der Waals surface area contributed by atoms with E-state index in [9.17, 15) is 13.2 Å². The average Bonchev–Trinajstić information content (AvgIpc) is 2.35. The second kappa shape index (κ2) is 6.37. The second-order valence-corrected chi connectivity index (χ2v) is 6.62. The van der Waals surface area contributed by atoms with Crippen LogP contribution in [0.15, 0.2) is 17.0 Å². The highest BCUT2D eigenvalue weighted by molar-refractivity contribution is 7.89. The highest BCUT2D eigenvalue weighted by atomic mass is 32.2. The van der Waals surface area contributed by atoms with Crippen molar-refractivity contribution in [3.8, 4) is 0 Å². The van der Waals surface area contributed by atoms with Gasteiger partial charge in [0.25, 0.3) is 0 Å². The predicted molar refractivity (Wildman–Crippen MR) is 80.3 cm³/mol. The zero-order chi connectivity index (χ0) is 15.5. The smallest absolute Gasteiger partial charge is 0.243 e. The van der Waals surface area contributed by atoms with E-state index >= 15 is 0 Å². The van der Waals surface area contributed by atoms with Gasteiger partial charge in [-0.15, -0.1) is 0 Å². The average molecular weight is 298 g/mol. The van der Waals surface area contributed by atoms with Crippen LogP contribution >= 0.6 is 0 Å². The minimum atomic E-state index is -3.52. The number of hydrogen-bond acceptors (Lipinski definition) is 3. The third kappa shape index (κ3) is 3.37. The van der Waals surface area contributed by atoms with Gasteiger partial charge in [-0.25, -0.2) is 8.42 Å². The molecule has 5 nitrogen and oxygen atoms in total. The van der Waals surface area contributed by atoms with Crippen LogP contribution in [0.25, 0.3) is 0 Å². The van der Waals surface area contributed by atoms with Crippen molar-refractivity contribution in [2.45, 2.75) is 39.5 Å². The summed E-state index contributed by atoms with van der Waals surface area (Å²) in [5, 5.41) is 2.68. The molecule has 0 aromatic heterocycles. The maximum atomic E-state index is 12.5. The number of amides is 1. The van der Waals surface area contributed by atoms with Gasteiger partial charge in [0.2, 0.25) is 15.9 Å². The summed E-state index contributed by atoms with van der Waals surface area (Å²) in [5.74, 6) is -0.218. The molecule has 0 bridgehead atoms. The second-order valence-electron chi connectivity index (χ2n) is 4.68. The number of hydrogen-bond donors (Lipinski definition) is 1. The van der Waals surface area contributed by atoms with Crippen molar-refractivity contribution in [3.63, 3.8) is 0 Å². The Morgan fingerprint density at radius 1 is 1.20 bits per heavy atom. The molecule has 0 saturated carbocycles. The van der Waals surface area contributed by atoms with Crippen molar-refractivity contribution in [3.05, 3.63) is 23.3 Å². The van der Waals surface area contributed by atoms with Crippen LogP contribution in [-0.2, 0) is 14.8 Å². The van der Waals surface area contributed by atoms with E-state index in [4.69, 9.17) is 0 Å². The zero-order valence-corrected chi connectivity index (χ0v) is 13.5. The molecule has 0 atom stereocenters. The molecule has 0 heterocycles. The number of anilines is 1. The summed E-state index contributed by atoms with van der Waals surface area (Å²) in [6.07, 6.45) is 0. The Kier molecular flexibility index (Phi) is 5.30. The summed E-state index contributed by atoms with van der Waals surface area (Å²) >= 11 is 0. The molecule has 0 radical (unpaired) electrons. The van der Waals surface area contributed by atoms with E-state index in [-0.39, 0.29) is 10.8 Å². The van der Waals surface area contributed by atoms with Crippen molar-refractivity contribution in [2.75, 3.05) is 18.4 Å². The van der Waals surface area contributed by atoms with Gasteiger partial charge in [0.1, 0.15) is 0 Å². The number of benzene rings is 1. The summed E-state index contributed by atoms with van der Waals surface area (Å²) < 4.78 is 26.4. The van der Waals surface area contributed by atoms with E-state index in [1.54, 1.807) is 19.9 Å². The van der Waals surface area contributed by atoms with Crippen LogP contribution in [-0.4, -0.2) is 31.7 Å². The Hall–Kier alpha value is -1.40. The molecule has 1 N–H and O–H groups in total. The lowest BCUT2D eigenvalue weighted by Crippen LogP contribution is -2.30. The van der Waals surface area contributed by atoms with Crippen LogP contribution in [0.2, 0.25) is 0 Å². The summed E-state index contributed by atoms with van der Waals surface area (Å²) in [6, 6.07) is 3.17. The van der Waals surface area contributed by atoms with Gasteiger partial charge >= 0.3 is 0 Å². The van der Waals surface area contributed by atoms with E-state index < -0.39 is 10.0 Å². The van der Waals surface area contributed by atoms with Crippen LogP contribution < -0.4 is 5.32 Å². The molecule has 0 aliphatic rings. The van der Waals surface area contributed by atoms with Crippen molar-refractivity contribution in [2.24, 2.45) is 0 Å². The largest absolute Gasteiger partial charge is 0.326 e. The first kappa shape index (κ1) is 16.7. The number of nitrogens with zero attached hydrogens (tertiary/aromatic N) is 1. The van der Waals surface area contributed by atoms with Gasteiger partial charge in [0, 0.05) is 25.7 Å². The fraction of sp³-hybridized carbons (Fsp3) is 0.500. The lowest BCUT2D eigenvalue weighted by atomic mass is 10.1. The normalized spacial score (nSPS) is 11.7. The van der Waals surface area contributed by atoms with E-state index in [1.165, 1.54) is 17.3 Å². The topological polar surface area (TPSA) is 66.5 Å². The molecule has 0 unspecified atom stereocenters. The van der Waals surface area contributed by atoms with Crippen molar-refractivity contribution < 1.29 is 13.2 Å². The predicted octanol–water partition coefficient (Wildman–Crippen LogP) is 2.29. The van der Waals surface area contributed by atoms with Crippen molar-refractivity contribution in [1.29, 1.82) is 0 Å². The summed E-state index contributed by atoms with van der Waals surface area (Å²) in [5.41, 5.74) is 2.25. The Balaban J connectivity index is 3.40. The van der Waals surface area contributed by atoms with Gasteiger partial charge in [-0.2, -0.15) is 4.31 Å². The van der Waals surface area contributed by atoms with Crippen LogP contribution in [0.4, 0.5) is 5.69 Å². The number of nitrogens with one attached hydrogen (secondary N) is 1. The third-order valence-electron chi connectivity index (χ3n) is 3.29. The molecule has 1 amide bonds. The van der Waals surface area contributed by atoms with Gasteiger partial charge in [0.15, 0.2) is 0 Å². The molecular formula is C14H22N2O3S. The summed E-state index contributed by atoms with van der Waals surface area (Å²) in [6.45, 7) is 9.53. The Morgan fingerprint density at radius 3 is 2.20 bits per heavy atom. The Morgan fingerprint density at radius 2 is 1.75 bits per heavy atom. The van der Waals surface area contributed by atoms with Gasteiger partial charge < -0.3 is 5.32 Å². The highest BCUT2D eigenvalue weighted by Crippen LogP contribution is 2.26. The van der Waals surface area contributed by atoms with Crippen molar-refractivity contribution >= 4 is 21.6 Å². The van der Waals surface area contributed by atoms with Gasteiger partial charge in [-0.05, 0) is 37.1 Å². The Labute approximate surface area is 121 Å². The molecule has 0 spiro atoms. The first-order valence-electron chi connectivity index (χ1n) is 6.63. The van der Waals surface area contributed by atoms with Crippen LogP contribution in [0.3, 0.4) is 0 Å². The Bertz CT molecular complexity index is 605. The molecule has 1 aromatic rings. The number of sulfonamides is 1. The van der Waals surface area contributed by atoms with Crippen molar-refractivity contribution in [1.82, 2.24) is 4.31 Å². The lowest BCUT2D eigenvalue weighted by Gasteiger charge is -2.20. The van der Waals surface area contributed by atoms with Gasteiger partial charge in [0.05, 0.1) is 4.90 Å². The van der Waals surface area contributed by atoms with E-state index in [0.29, 0.717) is 18.8 Å². The fourth-order valence-corrected chi connectivity index (χ4v) is 3.58. The maximum Gasteiger partial charge on any atom is 0.243 e. The van der Waals surface area contributed by atoms with Crippen LogP contribution in [0, 0.1) is 13.8 Å². The first-order valence-corrected chi connectivity index (χ1v) is 8.07. The number of carbonyl (C=O) groups is 1. The van der Waals surface area contributed by atoms with Gasteiger partial charge in [-0.3, -0.25) is 4.79 Å². The third-order valence-corrected chi connectivity index (χ3v) is 5.32. The standard InChI is InChI=1S/C14H22N2O3S/c1-6-16(7-2)20(18,19)13-8-10(3)11(4)14(9-13)15-12(5)17/h8-9H,6-7H2,1-5H3,(H,15,17). The molecule has 0 aliphatic carbocycles. The first-order chi connectivity index (χ1) is 9.23. The van der Waals surface area contributed by atoms with Crippen LogP contribution in [0.5, 0.6) is 0 Å². The summed E-state index contributed by atoms with van der Waals surface area (Å²) in [4.78, 5) is 11.4. The molecule has 20 heavy (non-hydrogen) atoms. The lowest BCUT2D eigenvalue weighted by molar-refractivity contribution is -0.114. The number of aryl methyl sites for hydroxylation is 1. The van der Waals surface area contributed by atoms with Gasteiger partial charge in [-0.1, -0.05) is 13.8 Å². The number of rotatable bonds is 5. The minimum absolute atomic E-state index is 0.216. The molecular weight excluding hydrogens is 276 g/mol. The minimum Gasteiger partial charge on any atom is -0.326 e. The summed E-state index contributed by atoms with van der Waals surface area (Å²) in [7, 11) is -3.52. The molecule has 6 heteroatoms. The highest BCUT2D eigenvalue weighted by Gasteiger charge is 2.23. The molecule has 0 fully saturated rings. The molecule has 0 aliphatic heterocycles. The van der Waals surface area contributed by atoms with E-state index in [2.05, 4.69) is 5.32 Å². The van der Waals surface area contributed by atoms with E-state index in [0.717, 1.165) is 11.1 Å². The zero-order valence-electron chi connectivity index (χ0n) is 12.6. The monoisotopic (exact) mass is 298 g/mol. The molecule has 0 saturated heterocycles. The number of carbonyl (C=O) groups excluding carboxylic acids is 1. The molecule has 1 aromatic carbocycles. The fourth-order valence-electron chi connectivity index (χ4n) is 2.01. The molecule has 112 valence electrons. The van der Waals surface area contributed by atoms with Crippen LogP contribution in [0.1, 0.15) is 31.9 Å². The maximum absolute atomic E-state index is 12.5. The quantitative estimate of drug-likeness (QED) is 0.907. The SMILES string of the molecule is CCN(CC)S(=O)(=O)c1cc(C)c(C)c(NC(C)=O)c1. The molecule has 1 rings (SSSR count).